The Labute approximate surface area is 171 Å². The van der Waals surface area contributed by atoms with Gasteiger partial charge in [-0.15, -0.1) is 0 Å². The monoisotopic (exact) mass is 444 g/mol. The summed E-state index contributed by atoms with van der Waals surface area (Å²) in [6, 6.07) is 9.84. The van der Waals surface area contributed by atoms with Crippen LogP contribution in [0.1, 0.15) is 22.3 Å². The summed E-state index contributed by atoms with van der Waals surface area (Å²) in [5.74, 6) is -0.774. The molecule has 0 unspecified atom stereocenters. The van der Waals surface area contributed by atoms with Crippen LogP contribution in [-0.2, 0) is 21.4 Å². The number of carbonyl (C=O) groups excluding carboxylic acids is 1. The first kappa shape index (κ1) is 21.9. The molecule has 0 radical (unpaired) electrons. The number of phenols is 1. The highest BCUT2D eigenvalue weighted by molar-refractivity contribution is 7.93. The van der Waals surface area contributed by atoms with Gasteiger partial charge in [0.2, 0.25) is 10.0 Å². The molecule has 1 aliphatic heterocycles. The molecule has 0 aliphatic carbocycles. The molecule has 0 aromatic heterocycles. The van der Waals surface area contributed by atoms with Crippen molar-refractivity contribution >= 4 is 27.3 Å². The number of benzene rings is 2. The van der Waals surface area contributed by atoms with Gasteiger partial charge in [0.05, 0.1) is 23.7 Å². The molecule has 0 bridgehead atoms. The van der Waals surface area contributed by atoms with Crippen molar-refractivity contribution in [3.63, 3.8) is 0 Å². The number of nitrogens with zero attached hydrogens (tertiary/aromatic N) is 1. The Morgan fingerprint density at radius 3 is 2.47 bits per heavy atom. The van der Waals surface area contributed by atoms with E-state index in [0.29, 0.717) is 24.2 Å². The number of phenolic OH excluding ortho intramolecular Hbond substituents is 1. The number of alkyl halides is 3. The Morgan fingerprint density at radius 1 is 1.17 bits per heavy atom. The van der Waals surface area contributed by atoms with Crippen molar-refractivity contribution in [3.8, 4) is 5.75 Å². The summed E-state index contributed by atoms with van der Waals surface area (Å²) in [4.78, 5) is 12.4. The van der Waals surface area contributed by atoms with E-state index in [1.807, 2.05) is 0 Å². The van der Waals surface area contributed by atoms with Crippen LogP contribution in [0.2, 0.25) is 0 Å². The summed E-state index contributed by atoms with van der Waals surface area (Å²) in [6.07, 6.45) is -3.92. The van der Waals surface area contributed by atoms with E-state index in [9.17, 15) is 31.5 Å². The molecule has 162 valence electrons. The Hall–Kier alpha value is -2.79. The van der Waals surface area contributed by atoms with Crippen LogP contribution in [0.15, 0.2) is 42.5 Å². The number of hydrogen-bond donors (Lipinski definition) is 2. The number of amides is 1. The third-order valence-corrected chi connectivity index (χ3v) is 6.24. The number of hydrogen-bond acceptors (Lipinski definition) is 5. The maximum Gasteiger partial charge on any atom is 0.411 e. The topological polar surface area (TPSA) is 95.9 Å². The van der Waals surface area contributed by atoms with E-state index in [1.54, 1.807) is 0 Å². The van der Waals surface area contributed by atoms with Crippen molar-refractivity contribution in [1.82, 2.24) is 0 Å². The van der Waals surface area contributed by atoms with Gasteiger partial charge in [-0.05, 0) is 42.3 Å². The minimum atomic E-state index is -4.41. The maximum atomic E-state index is 12.4. The van der Waals surface area contributed by atoms with Crippen LogP contribution in [0.5, 0.6) is 5.75 Å². The van der Waals surface area contributed by atoms with Crippen molar-refractivity contribution in [3.05, 3.63) is 53.6 Å². The molecule has 2 N–H and O–H groups in total. The molecule has 1 heterocycles. The molecular weight excluding hydrogens is 425 g/mol. The molecule has 1 amide bonds. The van der Waals surface area contributed by atoms with E-state index in [2.05, 4.69) is 10.1 Å². The van der Waals surface area contributed by atoms with Crippen molar-refractivity contribution in [1.29, 1.82) is 0 Å². The fourth-order valence-corrected chi connectivity index (χ4v) is 4.50. The first-order valence-electron chi connectivity index (χ1n) is 8.93. The fraction of sp³-hybridized carbons (Fsp3) is 0.316. The van der Waals surface area contributed by atoms with Gasteiger partial charge in [-0.2, -0.15) is 13.2 Å². The molecule has 0 spiro atoms. The number of sulfonamides is 1. The fourth-order valence-electron chi connectivity index (χ4n) is 2.94. The highest BCUT2D eigenvalue weighted by Crippen LogP contribution is 2.32. The quantitative estimate of drug-likeness (QED) is 0.667. The van der Waals surface area contributed by atoms with E-state index in [1.165, 1.54) is 46.8 Å². The minimum Gasteiger partial charge on any atom is -0.506 e. The largest absolute Gasteiger partial charge is 0.506 e. The second-order valence-electron chi connectivity index (χ2n) is 6.70. The number of carbonyl (C=O) groups is 1. The zero-order valence-corrected chi connectivity index (χ0v) is 16.5. The van der Waals surface area contributed by atoms with Crippen LogP contribution >= 0.6 is 0 Å². The third-order valence-electron chi connectivity index (χ3n) is 4.37. The molecule has 11 heteroatoms. The normalized spacial score (nSPS) is 15.9. The predicted octanol–water partition coefficient (Wildman–Crippen LogP) is 3.26. The zero-order valence-electron chi connectivity index (χ0n) is 15.6. The van der Waals surface area contributed by atoms with Gasteiger partial charge in [-0.3, -0.25) is 9.10 Å². The molecule has 0 atom stereocenters. The molecule has 1 saturated heterocycles. The summed E-state index contributed by atoms with van der Waals surface area (Å²) in [5, 5.41) is 12.5. The minimum absolute atomic E-state index is 0.0363. The van der Waals surface area contributed by atoms with Crippen molar-refractivity contribution in [2.45, 2.75) is 19.2 Å². The number of aromatic hydroxyl groups is 1. The van der Waals surface area contributed by atoms with Crippen LogP contribution in [0.25, 0.3) is 0 Å². The summed E-state index contributed by atoms with van der Waals surface area (Å²) in [6.45, 7) is -1.30. The SMILES string of the molecule is O=C(Nc1cc(N2CCCS2(=O)=O)ccc1O)c1ccc(COCC(F)(F)F)cc1. The number of halogens is 3. The second-order valence-corrected chi connectivity index (χ2v) is 8.72. The van der Waals surface area contributed by atoms with E-state index in [4.69, 9.17) is 0 Å². The van der Waals surface area contributed by atoms with E-state index >= 15 is 0 Å². The van der Waals surface area contributed by atoms with Gasteiger partial charge < -0.3 is 15.2 Å². The number of rotatable bonds is 6. The molecule has 7 nitrogen and oxygen atoms in total. The molecule has 0 saturated carbocycles. The first-order chi connectivity index (χ1) is 14.0. The molecule has 2 aromatic rings. The van der Waals surface area contributed by atoms with Crippen LogP contribution in [0.3, 0.4) is 0 Å². The van der Waals surface area contributed by atoms with Gasteiger partial charge in [0, 0.05) is 12.1 Å². The van der Waals surface area contributed by atoms with Crippen molar-refractivity contribution in [2.24, 2.45) is 0 Å². The van der Waals surface area contributed by atoms with Gasteiger partial charge in [0.15, 0.2) is 0 Å². The molecule has 1 aliphatic rings. The Bertz CT molecular complexity index is 1020. The van der Waals surface area contributed by atoms with Gasteiger partial charge in [-0.25, -0.2) is 8.42 Å². The highest BCUT2D eigenvalue weighted by atomic mass is 32.2. The lowest BCUT2D eigenvalue weighted by atomic mass is 10.1. The zero-order chi connectivity index (χ0) is 21.9. The van der Waals surface area contributed by atoms with E-state index in [-0.39, 0.29) is 29.4 Å². The average Bonchev–Trinajstić information content (AvgIpc) is 3.02. The van der Waals surface area contributed by atoms with Crippen LogP contribution in [0, 0.1) is 0 Å². The smallest absolute Gasteiger partial charge is 0.411 e. The summed E-state index contributed by atoms with van der Waals surface area (Å²) >= 11 is 0. The molecule has 30 heavy (non-hydrogen) atoms. The predicted molar refractivity (Wildman–Crippen MR) is 104 cm³/mol. The first-order valence-corrected chi connectivity index (χ1v) is 10.5. The lowest BCUT2D eigenvalue weighted by molar-refractivity contribution is -0.176. The van der Waals surface area contributed by atoms with Gasteiger partial charge in [0.25, 0.3) is 5.91 Å². The van der Waals surface area contributed by atoms with Crippen LogP contribution in [-0.4, -0.2) is 44.5 Å². The van der Waals surface area contributed by atoms with Crippen molar-refractivity contribution < 1.29 is 36.2 Å². The van der Waals surface area contributed by atoms with Gasteiger partial charge in [0.1, 0.15) is 12.4 Å². The van der Waals surface area contributed by atoms with Gasteiger partial charge in [-0.1, -0.05) is 12.1 Å². The highest BCUT2D eigenvalue weighted by Gasteiger charge is 2.29. The number of anilines is 2. The molecule has 2 aromatic carbocycles. The second kappa shape index (κ2) is 8.52. The Morgan fingerprint density at radius 2 is 1.87 bits per heavy atom. The Balaban J connectivity index is 1.68. The average molecular weight is 444 g/mol. The molecule has 3 rings (SSSR count). The van der Waals surface area contributed by atoms with Crippen LogP contribution in [0.4, 0.5) is 24.5 Å². The molecule has 1 fully saturated rings. The lowest BCUT2D eigenvalue weighted by Crippen LogP contribution is -2.25. The number of nitrogens with one attached hydrogen (secondary N) is 1. The lowest BCUT2D eigenvalue weighted by Gasteiger charge is -2.18. The Kier molecular flexibility index (Phi) is 6.22. The maximum absolute atomic E-state index is 12.4. The standard InChI is InChI=1S/C19H19F3N2O5S/c20-19(21,22)12-29-11-13-2-4-14(5-3-13)18(26)23-16-10-15(6-7-17(16)25)24-8-1-9-30(24,27)28/h2-7,10,25H,1,8-9,11-12H2,(H,23,26). The summed E-state index contributed by atoms with van der Waals surface area (Å²) < 4.78 is 66.2. The summed E-state index contributed by atoms with van der Waals surface area (Å²) in [7, 11) is -3.42. The molecular formula is C19H19F3N2O5S. The van der Waals surface area contributed by atoms with Crippen LogP contribution < -0.4 is 9.62 Å². The van der Waals surface area contributed by atoms with E-state index in [0.717, 1.165) is 0 Å². The third kappa shape index (κ3) is 5.42. The van der Waals surface area contributed by atoms with Gasteiger partial charge >= 0.3 is 6.18 Å². The number of ether oxygens (including phenoxy) is 1. The van der Waals surface area contributed by atoms with Crippen molar-refractivity contribution in [2.75, 3.05) is 28.5 Å². The summed E-state index contributed by atoms with van der Waals surface area (Å²) in [5.41, 5.74) is 1.03. The van der Waals surface area contributed by atoms with E-state index < -0.39 is 28.7 Å².